The average molecular weight is 397 g/mol. The number of anilines is 1. The summed E-state index contributed by atoms with van der Waals surface area (Å²) in [6, 6.07) is 7.48. The smallest absolute Gasteiger partial charge is 0.360 e. The summed E-state index contributed by atoms with van der Waals surface area (Å²) in [5.74, 6) is -0.335. The number of carbonyl (C=O) groups excluding carboxylic acids is 2. The lowest BCUT2D eigenvalue weighted by molar-refractivity contribution is 0.0594. The lowest BCUT2D eigenvalue weighted by atomic mass is 10.1. The molecule has 0 spiro atoms. The van der Waals surface area contributed by atoms with E-state index in [1.165, 1.54) is 16.5 Å². The molecule has 0 bridgehead atoms. The summed E-state index contributed by atoms with van der Waals surface area (Å²) >= 11 is 0. The summed E-state index contributed by atoms with van der Waals surface area (Å²) in [6.07, 6.45) is 1.65. The van der Waals surface area contributed by atoms with E-state index in [4.69, 9.17) is 9.47 Å². The number of carbonyl (C=O) groups is 2. The Morgan fingerprint density at radius 1 is 1.14 bits per heavy atom. The van der Waals surface area contributed by atoms with Crippen molar-refractivity contribution in [2.24, 2.45) is 7.05 Å². The zero-order chi connectivity index (χ0) is 21.1. The van der Waals surface area contributed by atoms with Gasteiger partial charge in [-0.3, -0.25) is 9.48 Å². The van der Waals surface area contributed by atoms with Crippen LogP contribution in [-0.2, 0) is 18.5 Å². The molecule has 2 heterocycles. The number of aryl methyl sites for hydroxylation is 3. The van der Waals surface area contributed by atoms with E-state index in [9.17, 15) is 9.59 Å². The highest BCUT2D eigenvalue weighted by Gasteiger charge is 2.23. The molecular formula is C20H23N5O4. The van der Waals surface area contributed by atoms with Crippen LogP contribution in [0.15, 0.2) is 30.5 Å². The van der Waals surface area contributed by atoms with Crippen LogP contribution in [0.25, 0.3) is 0 Å². The molecule has 9 nitrogen and oxygen atoms in total. The second-order valence-corrected chi connectivity index (χ2v) is 6.66. The van der Waals surface area contributed by atoms with Crippen molar-refractivity contribution in [1.82, 2.24) is 19.6 Å². The molecule has 0 aliphatic heterocycles. The van der Waals surface area contributed by atoms with Crippen LogP contribution >= 0.6 is 0 Å². The van der Waals surface area contributed by atoms with Crippen LogP contribution in [0.2, 0.25) is 0 Å². The normalized spacial score (nSPS) is 10.7. The van der Waals surface area contributed by atoms with Gasteiger partial charge in [-0.1, -0.05) is 17.7 Å². The van der Waals surface area contributed by atoms with Gasteiger partial charge in [0.15, 0.2) is 18.1 Å². The number of nitrogens with zero attached hydrogens (tertiary/aromatic N) is 4. The standard InChI is InChI=1S/C20H23N5O4/c1-12-6-7-16(13(2)10-12)29-11-25-9-8-15(22-25)19(26)21-17-14(3)24(4)23-18(17)20(27)28-5/h6-10H,11H2,1-5H3,(H,21,26). The minimum Gasteiger partial charge on any atom is -0.471 e. The third kappa shape index (κ3) is 4.29. The molecule has 0 unspecified atom stereocenters. The number of methoxy groups -OCH3 is 1. The fourth-order valence-corrected chi connectivity index (χ4v) is 2.83. The maximum absolute atomic E-state index is 12.6. The van der Waals surface area contributed by atoms with Gasteiger partial charge in [-0.25, -0.2) is 9.48 Å². The molecule has 3 rings (SSSR count). The number of hydrogen-bond acceptors (Lipinski definition) is 6. The van der Waals surface area contributed by atoms with Gasteiger partial charge >= 0.3 is 5.97 Å². The van der Waals surface area contributed by atoms with Gasteiger partial charge in [-0.15, -0.1) is 0 Å². The van der Waals surface area contributed by atoms with Crippen molar-refractivity contribution >= 4 is 17.6 Å². The highest BCUT2D eigenvalue weighted by atomic mass is 16.5. The van der Waals surface area contributed by atoms with Crippen LogP contribution < -0.4 is 10.1 Å². The zero-order valence-electron chi connectivity index (χ0n) is 17.0. The van der Waals surface area contributed by atoms with Gasteiger partial charge in [-0.2, -0.15) is 10.2 Å². The Kier molecular flexibility index (Phi) is 5.67. The number of ether oxygens (including phenoxy) is 2. The molecule has 1 amide bonds. The Balaban J connectivity index is 1.71. The molecule has 0 saturated heterocycles. The molecule has 1 aromatic carbocycles. The van der Waals surface area contributed by atoms with Crippen LogP contribution in [0.4, 0.5) is 5.69 Å². The summed E-state index contributed by atoms with van der Waals surface area (Å²) in [7, 11) is 2.94. The summed E-state index contributed by atoms with van der Waals surface area (Å²) in [6.45, 7) is 5.89. The number of amides is 1. The van der Waals surface area contributed by atoms with Crippen molar-refractivity contribution < 1.29 is 19.1 Å². The average Bonchev–Trinajstić information content (AvgIpc) is 3.27. The number of nitrogens with one attached hydrogen (secondary N) is 1. The summed E-state index contributed by atoms with van der Waals surface area (Å²) in [5.41, 5.74) is 3.33. The zero-order valence-corrected chi connectivity index (χ0v) is 17.0. The molecule has 152 valence electrons. The quantitative estimate of drug-likeness (QED) is 0.642. The molecule has 29 heavy (non-hydrogen) atoms. The van der Waals surface area contributed by atoms with E-state index in [1.54, 1.807) is 26.2 Å². The van der Waals surface area contributed by atoms with E-state index >= 15 is 0 Å². The van der Waals surface area contributed by atoms with Gasteiger partial charge < -0.3 is 14.8 Å². The van der Waals surface area contributed by atoms with E-state index in [0.29, 0.717) is 11.4 Å². The maximum Gasteiger partial charge on any atom is 0.360 e. The third-order valence-electron chi connectivity index (χ3n) is 4.51. The molecule has 1 N–H and O–H groups in total. The van der Waals surface area contributed by atoms with Gasteiger partial charge in [0.2, 0.25) is 0 Å². The lowest BCUT2D eigenvalue weighted by Gasteiger charge is -2.09. The highest BCUT2D eigenvalue weighted by molar-refractivity contribution is 6.06. The van der Waals surface area contributed by atoms with E-state index in [1.807, 2.05) is 32.0 Å². The Hall–Kier alpha value is -3.62. The minimum absolute atomic E-state index is 0.0402. The molecule has 0 fully saturated rings. The first kappa shape index (κ1) is 20.1. The molecule has 0 radical (unpaired) electrons. The SMILES string of the molecule is COC(=O)c1nn(C)c(C)c1NC(=O)c1ccn(COc2ccc(C)cc2C)n1. The minimum atomic E-state index is -0.628. The number of aromatic nitrogens is 4. The number of hydrogen-bond donors (Lipinski definition) is 1. The van der Waals surface area contributed by atoms with Gasteiger partial charge in [0.1, 0.15) is 5.75 Å². The van der Waals surface area contributed by atoms with Crippen LogP contribution in [-0.4, -0.2) is 38.5 Å². The van der Waals surface area contributed by atoms with Crippen molar-refractivity contribution in [3.63, 3.8) is 0 Å². The monoisotopic (exact) mass is 397 g/mol. The second kappa shape index (κ2) is 8.17. The summed E-state index contributed by atoms with van der Waals surface area (Å²) in [4.78, 5) is 24.5. The van der Waals surface area contributed by atoms with Gasteiger partial charge in [0, 0.05) is 13.2 Å². The van der Waals surface area contributed by atoms with Gasteiger partial charge in [0.25, 0.3) is 5.91 Å². The van der Waals surface area contributed by atoms with Crippen LogP contribution in [0.5, 0.6) is 5.75 Å². The summed E-state index contributed by atoms with van der Waals surface area (Å²) < 4.78 is 13.5. The van der Waals surface area contributed by atoms with Crippen LogP contribution in [0.1, 0.15) is 37.8 Å². The van der Waals surface area contributed by atoms with E-state index in [0.717, 1.165) is 16.9 Å². The van der Waals surface area contributed by atoms with Crippen molar-refractivity contribution in [2.75, 3.05) is 12.4 Å². The Morgan fingerprint density at radius 2 is 1.90 bits per heavy atom. The van der Waals surface area contributed by atoms with E-state index < -0.39 is 11.9 Å². The first-order valence-corrected chi connectivity index (χ1v) is 8.97. The van der Waals surface area contributed by atoms with Crippen molar-refractivity contribution in [2.45, 2.75) is 27.5 Å². The molecule has 0 saturated carbocycles. The van der Waals surface area contributed by atoms with Crippen molar-refractivity contribution in [3.05, 3.63) is 58.7 Å². The predicted molar refractivity (Wildman–Crippen MR) is 106 cm³/mol. The van der Waals surface area contributed by atoms with Gasteiger partial charge in [-0.05, 0) is 38.5 Å². The van der Waals surface area contributed by atoms with E-state index in [2.05, 4.69) is 15.5 Å². The molecule has 2 aromatic heterocycles. The first-order valence-electron chi connectivity index (χ1n) is 8.97. The molecular weight excluding hydrogens is 374 g/mol. The first-order chi connectivity index (χ1) is 13.8. The Morgan fingerprint density at radius 3 is 2.59 bits per heavy atom. The molecule has 0 aliphatic carbocycles. The van der Waals surface area contributed by atoms with Crippen molar-refractivity contribution in [1.29, 1.82) is 0 Å². The van der Waals surface area contributed by atoms with Gasteiger partial charge in [0.05, 0.1) is 18.5 Å². The Labute approximate surface area is 168 Å². The van der Waals surface area contributed by atoms with E-state index in [-0.39, 0.29) is 18.1 Å². The topological polar surface area (TPSA) is 100 Å². The van der Waals surface area contributed by atoms with Crippen molar-refractivity contribution in [3.8, 4) is 5.75 Å². The van der Waals surface area contributed by atoms with Crippen LogP contribution in [0.3, 0.4) is 0 Å². The number of esters is 1. The second-order valence-electron chi connectivity index (χ2n) is 6.66. The Bertz CT molecular complexity index is 1070. The highest BCUT2D eigenvalue weighted by Crippen LogP contribution is 2.21. The summed E-state index contributed by atoms with van der Waals surface area (Å²) in [5, 5.41) is 11.0. The molecule has 0 atom stereocenters. The van der Waals surface area contributed by atoms with Crippen LogP contribution in [0, 0.1) is 20.8 Å². The molecule has 9 heteroatoms. The number of rotatable bonds is 6. The third-order valence-corrected chi connectivity index (χ3v) is 4.51. The molecule has 0 aliphatic rings. The fraction of sp³-hybridized carbons (Fsp3) is 0.300. The lowest BCUT2D eigenvalue weighted by Crippen LogP contribution is -2.17. The molecule has 3 aromatic rings. The maximum atomic E-state index is 12.6. The number of benzene rings is 1. The predicted octanol–water partition coefficient (Wildman–Crippen LogP) is 2.62. The fourth-order valence-electron chi connectivity index (χ4n) is 2.83. The largest absolute Gasteiger partial charge is 0.471 e.